The smallest absolute Gasteiger partial charge is 0.240 e. The average Bonchev–Trinajstić information content (AvgIpc) is 3.35. The van der Waals surface area contributed by atoms with Gasteiger partial charge in [-0.05, 0) is 53.6 Å². The molecule has 1 amide bonds. The highest BCUT2D eigenvalue weighted by Crippen LogP contribution is 2.16. The molecule has 0 saturated heterocycles. The minimum Gasteiger partial charge on any atom is -0.494 e. The maximum Gasteiger partial charge on any atom is 0.240 e. The molecule has 2 aromatic heterocycles. The lowest BCUT2D eigenvalue weighted by atomic mass is 10.3. The number of nitrogens with zero attached hydrogens (tertiary/aromatic N) is 2. The van der Waals surface area contributed by atoms with Gasteiger partial charge in [0.15, 0.2) is 0 Å². The number of ether oxygens (including phenoxy) is 1. The van der Waals surface area contributed by atoms with Gasteiger partial charge in [-0.2, -0.15) is 16.4 Å². The minimum atomic E-state index is -3.69. The fourth-order valence-corrected chi connectivity index (χ4v) is 4.28. The number of sulfonamides is 1. The fourth-order valence-electron chi connectivity index (χ4n) is 2.59. The molecule has 0 aliphatic carbocycles. The van der Waals surface area contributed by atoms with Crippen molar-refractivity contribution < 1.29 is 17.9 Å². The van der Waals surface area contributed by atoms with Crippen LogP contribution in [0.3, 0.4) is 0 Å². The molecule has 3 aromatic rings. The second-order valence-electron chi connectivity index (χ2n) is 6.11. The first-order chi connectivity index (χ1) is 14.0. The van der Waals surface area contributed by atoms with Crippen LogP contribution in [0.1, 0.15) is 18.9 Å². The van der Waals surface area contributed by atoms with E-state index in [4.69, 9.17) is 4.74 Å². The molecule has 0 aliphatic rings. The zero-order valence-corrected chi connectivity index (χ0v) is 17.5. The molecular weight excluding hydrogens is 412 g/mol. The van der Waals surface area contributed by atoms with Crippen molar-refractivity contribution in [1.82, 2.24) is 14.5 Å². The van der Waals surface area contributed by atoms with Crippen molar-refractivity contribution in [1.29, 1.82) is 0 Å². The number of rotatable bonds is 10. The molecular formula is C19H22N4O4S2. The lowest BCUT2D eigenvalue weighted by Crippen LogP contribution is -2.28. The monoisotopic (exact) mass is 434 g/mol. The number of hydrogen-bond donors (Lipinski definition) is 2. The van der Waals surface area contributed by atoms with E-state index in [1.165, 1.54) is 12.1 Å². The van der Waals surface area contributed by atoms with Gasteiger partial charge in [0.25, 0.3) is 0 Å². The molecule has 0 unspecified atom stereocenters. The van der Waals surface area contributed by atoms with E-state index in [0.717, 1.165) is 5.56 Å². The van der Waals surface area contributed by atoms with E-state index in [-0.39, 0.29) is 23.8 Å². The highest BCUT2D eigenvalue weighted by molar-refractivity contribution is 7.89. The van der Waals surface area contributed by atoms with Crippen LogP contribution < -0.4 is 14.8 Å². The van der Waals surface area contributed by atoms with Gasteiger partial charge in [-0.25, -0.2) is 17.8 Å². The van der Waals surface area contributed by atoms with Crippen LogP contribution in [-0.4, -0.2) is 37.3 Å². The Morgan fingerprint density at radius 1 is 1.21 bits per heavy atom. The first-order valence-electron chi connectivity index (χ1n) is 9.03. The first-order valence-corrected chi connectivity index (χ1v) is 11.5. The van der Waals surface area contributed by atoms with E-state index < -0.39 is 10.0 Å². The number of carbonyl (C=O) groups excluding carboxylic acids is 1. The lowest BCUT2D eigenvalue weighted by Gasteiger charge is -2.10. The Kier molecular flexibility index (Phi) is 7.02. The van der Waals surface area contributed by atoms with Gasteiger partial charge in [-0.15, -0.1) is 0 Å². The SMILES string of the molecule is CCOc1ccc(S(=O)(=O)NCCC(=O)Nc2ccnn2Cc2ccsc2)cc1. The van der Waals surface area contributed by atoms with Crippen molar-refractivity contribution in [2.24, 2.45) is 0 Å². The Labute approximate surface area is 173 Å². The van der Waals surface area contributed by atoms with Crippen LogP contribution >= 0.6 is 11.3 Å². The third-order valence-electron chi connectivity index (χ3n) is 3.99. The van der Waals surface area contributed by atoms with Crippen LogP contribution in [-0.2, 0) is 21.4 Å². The summed E-state index contributed by atoms with van der Waals surface area (Å²) in [4.78, 5) is 12.3. The molecule has 0 radical (unpaired) electrons. The maximum atomic E-state index is 12.3. The number of thiophene rings is 1. The summed E-state index contributed by atoms with van der Waals surface area (Å²) in [5.74, 6) is 0.868. The fraction of sp³-hybridized carbons (Fsp3) is 0.263. The summed E-state index contributed by atoms with van der Waals surface area (Å²) in [6.45, 7) is 2.90. The Balaban J connectivity index is 1.50. The van der Waals surface area contributed by atoms with Crippen LogP contribution in [0.15, 0.2) is 58.3 Å². The lowest BCUT2D eigenvalue weighted by molar-refractivity contribution is -0.116. The van der Waals surface area contributed by atoms with E-state index in [9.17, 15) is 13.2 Å². The van der Waals surface area contributed by atoms with Crippen LogP contribution in [0.25, 0.3) is 0 Å². The van der Waals surface area contributed by atoms with Crippen molar-refractivity contribution in [3.8, 4) is 5.75 Å². The molecule has 0 bridgehead atoms. The van der Waals surface area contributed by atoms with E-state index >= 15 is 0 Å². The summed E-state index contributed by atoms with van der Waals surface area (Å²) in [5, 5.41) is 11.0. The van der Waals surface area contributed by atoms with Crippen molar-refractivity contribution in [2.45, 2.75) is 24.8 Å². The van der Waals surface area contributed by atoms with E-state index in [1.807, 2.05) is 23.8 Å². The Morgan fingerprint density at radius 2 is 2.00 bits per heavy atom. The van der Waals surface area contributed by atoms with Gasteiger partial charge in [0.2, 0.25) is 15.9 Å². The maximum absolute atomic E-state index is 12.3. The second-order valence-corrected chi connectivity index (χ2v) is 8.65. The summed E-state index contributed by atoms with van der Waals surface area (Å²) in [5.41, 5.74) is 1.09. The normalized spacial score (nSPS) is 11.3. The second kappa shape index (κ2) is 9.68. The predicted molar refractivity (Wildman–Crippen MR) is 112 cm³/mol. The molecule has 2 N–H and O–H groups in total. The topological polar surface area (TPSA) is 102 Å². The highest BCUT2D eigenvalue weighted by Gasteiger charge is 2.15. The molecule has 8 nitrogen and oxygen atoms in total. The molecule has 154 valence electrons. The highest BCUT2D eigenvalue weighted by atomic mass is 32.2. The molecule has 10 heteroatoms. The number of hydrogen-bond acceptors (Lipinski definition) is 6. The van der Waals surface area contributed by atoms with Gasteiger partial charge in [0.1, 0.15) is 11.6 Å². The third kappa shape index (κ3) is 5.89. The number of amides is 1. The number of benzene rings is 1. The zero-order valence-electron chi connectivity index (χ0n) is 15.9. The van der Waals surface area contributed by atoms with Gasteiger partial charge in [-0.3, -0.25) is 4.79 Å². The molecule has 0 saturated carbocycles. The summed E-state index contributed by atoms with van der Waals surface area (Å²) in [6.07, 6.45) is 1.61. The van der Waals surface area contributed by atoms with Gasteiger partial charge in [-0.1, -0.05) is 0 Å². The summed E-state index contributed by atoms with van der Waals surface area (Å²) < 4.78 is 34.1. The predicted octanol–water partition coefficient (Wildman–Crippen LogP) is 2.70. The molecule has 0 spiro atoms. The Hall–Kier alpha value is -2.69. The van der Waals surface area contributed by atoms with Gasteiger partial charge in [0.05, 0.1) is 24.2 Å². The number of nitrogens with one attached hydrogen (secondary N) is 2. The molecule has 29 heavy (non-hydrogen) atoms. The van der Waals surface area contributed by atoms with E-state index in [0.29, 0.717) is 24.7 Å². The summed E-state index contributed by atoms with van der Waals surface area (Å²) >= 11 is 1.60. The van der Waals surface area contributed by atoms with Crippen molar-refractivity contribution in [3.05, 3.63) is 58.9 Å². The first kappa shape index (κ1) is 21.0. The molecule has 2 heterocycles. The quantitative estimate of drug-likeness (QED) is 0.511. The van der Waals surface area contributed by atoms with Crippen molar-refractivity contribution >= 4 is 33.1 Å². The Morgan fingerprint density at radius 3 is 2.69 bits per heavy atom. The average molecular weight is 435 g/mol. The molecule has 0 fully saturated rings. The van der Waals surface area contributed by atoms with Gasteiger partial charge < -0.3 is 10.1 Å². The standard InChI is InChI=1S/C19H22N4O4S2/c1-2-27-16-3-5-17(6-4-16)29(25,26)21-11-8-19(24)22-18-7-10-20-23(18)13-15-9-12-28-14-15/h3-7,9-10,12,14,21H,2,8,11,13H2,1H3,(H,22,24). The third-order valence-corrected chi connectivity index (χ3v) is 6.19. The van der Waals surface area contributed by atoms with Crippen molar-refractivity contribution in [2.75, 3.05) is 18.5 Å². The molecule has 3 rings (SSSR count). The van der Waals surface area contributed by atoms with Gasteiger partial charge >= 0.3 is 0 Å². The number of carbonyl (C=O) groups is 1. The number of aromatic nitrogens is 2. The minimum absolute atomic E-state index is 0.000109. The molecule has 0 atom stereocenters. The van der Waals surface area contributed by atoms with E-state index in [1.54, 1.807) is 40.4 Å². The number of anilines is 1. The van der Waals surface area contributed by atoms with Gasteiger partial charge in [0, 0.05) is 19.0 Å². The Bertz CT molecular complexity index is 1030. The van der Waals surface area contributed by atoms with Crippen LogP contribution in [0.5, 0.6) is 5.75 Å². The van der Waals surface area contributed by atoms with Crippen LogP contribution in [0.4, 0.5) is 5.82 Å². The largest absolute Gasteiger partial charge is 0.494 e. The van der Waals surface area contributed by atoms with Crippen molar-refractivity contribution in [3.63, 3.8) is 0 Å². The summed E-state index contributed by atoms with van der Waals surface area (Å²) in [6, 6.07) is 9.83. The van der Waals surface area contributed by atoms with E-state index in [2.05, 4.69) is 15.1 Å². The van der Waals surface area contributed by atoms with Crippen LogP contribution in [0, 0.1) is 0 Å². The van der Waals surface area contributed by atoms with Crippen LogP contribution in [0.2, 0.25) is 0 Å². The molecule has 1 aromatic carbocycles. The molecule has 0 aliphatic heterocycles. The summed E-state index contributed by atoms with van der Waals surface area (Å²) in [7, 11) is -3.69. The zero-order chi connectivity index (χ0) is 20.7.